The SMILES string of the molecule is OC(c1cc(F)cc(Br)c1)c1ccc(F)c(F)c1F. The molecule has 2 aromatic carbocycles. The van der Waals surface area contributed by atoms with Crippen LogP contribution in [0.25, 0.3) is 0 Å². The molecule has 1 atom stereocenters. The fourth-order valence-electron chi connectivity index (χ4n) is 1.66. The van der Waals surface area contributed by atoms with Gasteiger partial charge in [-0.1, -0.05) is 22.0 Å². The van der Waals surface area contributed by atoms with Crippen molar-refractivity contribution in [2.45, 2.75) is 6.10 Å². The first-order chi connectivity index (χ1) is 8.90. The molecule has 0 aliphatic rings. The normalized spacial score (nSPS) is 12.5. The predicted octanol–water partition coefficient (Wildman–Crippen LogP) is 4.09. The van der Waals surface area contributed by atoms with Crippen molar-refractivity contribution in [2.24, 2.45) is 0 Å². The lowest BCUT2D eigenvalue weighted by Crippen LogP contribution is -2.06. The van der Waals surface area contributed by atoms with Gasteiger partial charge in [0.25, 0.3) is 0 Å². The molecule has 1 nitrogen and oxygen atoms in total. The third-order valence-electron chi connectivity index (χ3n) is 2.56. The van der Waals surface area contributed by atoms with Gasteiger partial charge in [-0.25, -0.2) is 17.6 Å². The Hall–Kier alpha value is -1.40. The molecule has 0 radical (unpaired) electrons. The zero-order valence-corrected chi connectivity index (χ0v) is 10.9. The Morgan fingerprint density at radius 3 is 2.26 bits per heavy atom. The van der Waals surface area contributed by atoms with E-state index in [1.807, 2.05) is 0 Å². The lowest BCUT2D eigenvalue weighted by atomic mass is 10.0. The highest BCUT2D eigenvalue weighted by Crippen LogP contribution is 2.28. The summed E-state index contributed by atoms with van der Waals surface area (Å²) in [6, 6.07) is 5.10. The molecule has 0 aromatic heterocycles. The second kappa shape index (κ2) is 5.30. The van der Waals surface area contributed by atoms with Gasteiger partial charge in [0.2, 0.25) is 0 Å². The number of benzene rings is 2. The highest BCUT2D eigenvalue weighted by atomic mass is 79.9. The van der Waals surface area contributed by atoms with Crippen molar-refractivity contribution >= 4 is 15.9 Å². The van der Waals surface area contributed by atoms with E-state index >= 15 is 0 Å². The first kappa shape index (κ1) is 14.0. The van der Waals surface area contributed by atoms with E-state index in [-0.39, 0.29) is 5.56 Å². The number of aliphatic hydroxyl groups is 1. The molecule has 0 fully saturated rings. The number of rotatable bonds is 2. The molecule has 6 heteroatoms. The van der Waals surface area contributed by atoms with E-state index < -0.39 is 34.9 Å². The van der Waals surface area contributed by atoms with Crippen molar-refractivity contribution in [2.75, 3.05) is 0 Å². The number of hydrogen-bond donors (Lipinski definition) is 1. The van der Waals surface area contributed by atoms with Crippen LogP contribution in [-0.2, 0) is 0 Å². The molecule has 2 rings (SSSR count). The highest BCUT2D eigenvalue weighted by molar-refractivity contribution is 9.10. The molecule has 1 N–H and O–H groups in total. The van der Waals surface area contributed by atoms with Gasteiger partial charge in [0.15, 0.2) is 17.5 Å². The summed E-state index contributed by atoms with van der Waals surface area (Å²) in [5.41, 5.74) is -0.437. The minimum Gasteiger partial charge on any atom is -0.384 e. The van der Waals surface area contributed by atoms with Crippen molar-refractivity contribution in [3.63, 3.8) is 0 Å². The van der Waals surface area contributed by atoms with Crippen LogP contribution in [0.3, 0.4) is 0 Å². The summed E-state index contributed by atoms with van der Waals surface area (Å²) in [5.74, 6) is -5.17. The third-order valence-corrected chi connectivity index (χ3v) is 3.02. The van der Waals surface area contributed by atoms with Gasteiger partial charge in [0.05, 0.1) is 0 Å². The molecule has 0 spiro atoms. The van der Waals surface area contributed by atoms with Crippen molar-refractivity contribution in [3.8, 4) is 0 Å². The van der Waals surface area contributed by atoms with Crippen molar-refractivity contribution in [1.29, 1.82) is 0 Å². The summed E-state index contributed by atoms with van der Waals surface area (Å²) >= 11 is 3.02. The maximum absolute atomic E-state index is 13.5. The highest BCUT2D eigenvalue weighted by Gasteiger charge is 2.21. The molecule has 100 valence electrons. The van der Waals surface area contributed by atoms with Gasteiger partial charge in [-0.3, -0.25) is 0 Å². The third kappa shape index (κ3) is 2.79. The van der Waals surface area contributed by atoms with E-state index in [4.69, 9.17) is 0 Å². The lowest BCUT2D eigenvalue weighted by Gasteiger charge is -2.13. The fourth-order valence-corrected chi connectivity index (χ4v) is 2.15. The molecule has 0 amide bonds. The summed E-state index contributed by atoms with van der Waals surface area (Å²) in [6.07, 6.45) is -1.60. The van der Waals surface area contributed by atoms with Gasteiger partial charge < -0.3 is 5.11 Å². The van der Waals surface area contributed by atoms with Crippen molar-refractivity contribution in [3.05, 3.63) is 69.2 Å². The topological polar surface area (TPSA) is 20.2 Å². The molecular weight excluding hydrogens is 328 g/mol. The quantitative estimate of drug-likeness (QED) is 0.648. The summed E-state index contributed by atoms with van der Waals surface area (Å²) in [6.45, 7) is 0. The number of halogens is 5. The Labute approximate surface area is 114 Å². The molecule has 1 unspecified atom stereocenters. The van der Waals surface area contributed by atoms with Crippen molar-refractivity contribution < 1.29 is 22.7 Å². The zero-order chi connectivity index (χ0) is 14.2. The fraction of sp³-hybridized carbons (Fsp3) is 0.0769. The predicted molar refractivity (Wildman–Crippen MR) is 64.5 cm³/mol. The molecule has 0 heterocycles. The smallest absolute Gasteiger partial charge is 0.194 e. The van der Waals surface area contributed by atoms with Crippen LogP contribution in [0.15, 0.2) is 34.8 Å². The van der Waals surface area contributed by atoms with Gasteiger partial charge in [-0.2, -0.15) is 0 Å². The lowest BCUT2D eigenvalue weighted by molar-refractivity contribution is 0.212. The van der Waals surface area contributed by atoms with Gasteiger partial charge in [0.1, 0.15) is 11.9 Å². The Morgan fingerprint density at radius 1 is 0.947 bits per heavy atom. The van der Waals surface area contributed by atoms with Crippen LogP contribution in [0.2, 0.25) is 0 Å². The largest absolute Gasteiger partial charge is 0.384 e. The van der Waals surface area contributed by atoms with Crippen LogP contribution in [-0.4, -0.2) is 5.11 Å². The molecule has 0 aliphatic heterocycles. The van der Waals surface area contributed by atoms with Crippen LogP contribution in [0, 0.1) is 23.3 Å². The minimum atomic E-state index is -1.67. The van der Waals surface area contributed by atoms with Gasteiger partial charge in [-0.15, -0.1) is 0 Å². The first-order valence-corrected chi connectivity index (χ1v) is 5.97. The number of aliphatic hydroxyl groups excluding tert-OH is 1. The standard InChI is InChI=1S/C13H7BrF4O/c14-7-3-6(4-8(15)5-7)13(19)9-1-2-10(16)12(18)11(9)17/h1-5,13,19H. The molecule has 2 aromatic rings. The summed E-state index contributed by atoms with van der Waals surface area (Å²) in [7, 11) is 0. The van der Waals surface area contributed by atoms with Gasteiger partial charge >= 0.3 is 0 Å². The van der Waals surface area contributed by atoms with E-state index in [1.165, 1.54) is 6.07 Å². The zero-order valence-electron chi connectivity index (χ0n) is 9.30. The van der Waals surface area contributed by atoms with E-state index in [2.05, 4.69) is 15.9 Å². The maximum atomic E-state index is 13.5. The maximum Gasteiger partial charge on any atom is 0.194 e. The van der Waals surface area contributed by atoms with E-state index in [9.17, 15) is 22.7 Å². The molecule has 0 saturated carbocycles. The van der Waals surface area contributed by atoms with Crippen LogP contribution in [0.5, 0.6) is 0 Å². The minimum absolute atomic E-state index is 0.0248. The Bertz CT molecular complexity index is 610. The first-order valence-electron chi connectivity index (χ1n) is 5.17. The molecule has 0 aliphatic carbocycles. The van der Waals surface area contributed by atoms with Gasteiger partial charge in [-0.05, 0) is 29.8 Å². The molecule has 0 saturated heterocycles. The van der Waals surface area contributed by atoms with E-state index in [1.54, 1.807) is 0 Å². The average molecular weight is 335 g/mol. The Balaban J connectivity index is 2.50. The molecular formula is C13H7BrF4O. The van der Waals surface area contributed by atoms with Gasteiger partial charge in [0, 0.05) is 10.0 Å². The van der Waals surface area contributed by atoms with Crippen LogP contribution >= 0.6 is 15.9 Å². The summed E-state index contributed by atoms with van der Waals surface area (Å²) < 4.78 is 52.9. The van der Waals surface area contributed by atoms with E-state index in [0.717, 1.165) is 18.2 Å². The monoisotopic (exact) mass is 334 g/mol. The second-order valence-electron chi connectivity index (χ2n) is 3.87. The Kier molecular flexibility index (Phi) is 3.91. The molecule has 0 bridgehead atoms. The number of hydrogen-bond acceptors (Lipinski definition) is 1. The van der Waals surface area contributed by atoms with Crippen molar-refractivity contribution in [1.82, 2.24) is 0 Å². The van der Waals surface area contributed by atoms with E-state index in [0.29, 0.717) is 10.5 Å². The summed E-state index contributed by atoms with van der Waals surface area (Å²) in [5, 5.41) is 9.92. The summed E-state index contributed by atoms with van der Waals surface area (Å²) in [4.78, 5) is 0. The average Bonchev–Trinajstić information content (AvgIpc) is 2.34. The van der Waals surface area contributed by atoms with Crippen LogP contribution in [0.4, 0.5) is 17.6 Å². The van der Waals surface area contributed by atoms with Crippen LogP contribution < -0.4 is 0 Å². The van der Waals surface area contributed by atoms with Crippen LogP contribution in [0.1, 0.15) is 17.2 Å². The molecule has 19 heavy (non-hydrogen) atoms. The Morgan fingerprint density at radius 2 is 1.63 bits per heavy atom. The second-order valence-corrected chi connectivity index (χ2v) is 4.79.